The van der Waals surface area contributed by atoms with Crippen LogP contribution in [0.15, 0.2) is 24.8 Å². The normalized spacial score (nSPS) is 9.56. The maximum Gasteiger partial charge on any atom is 0.303 e. The molecule has 0 unspecified atom stereocenters. The van der Waals surface area contributed by atoms with Crippen molar-refractivity contribution in [1.29, 1.82) is 0 Å². The summed E-state index contributed by atoms with van der Waals surface area (Å²) >= 11 is 0. The fraction of sp³-hybridized carbons (Fsp3) is 0.333. The molecule has 3 heteroatoms. The van der Waals surface area contributed by atoms with Gasteiger partial charge in [0.1, 0.15) is 6.61 Å². The number of esters is 1. The third-order valence-electron chi connectivity index (χ3n) is 1.98. The van der Waals surface area contributed by atoms with Crippen molar-refractivity contribution >= 4 is 18.1 Å². The highest BCUT2D eigenvalue weighted by Crippen LogP contribution is 2.12. The molecule has 0 fully saturated rings. The molecule has 0 aliphatic carbocycles. The van der Waals surface area contributed by atoms with Gasteiger partial charge in [0.2, 0.25) is 0 Å². The molecule has 0 spiro atoms. The van der Waals surface area contributed by atoms with E-state index in [1.165, 1.54) is 6.92 Å². The number of aromatic nitrogens is 1. The van der Waals surface area contributed by atoms with Gasteiger partial charge in [-0.25, -0.2) is 4.98 Å². The lowest BCUT2D eigenvalue weighted by molar-refractivity contribution is -0.142. The predicted octanol–water partition coefficient (Wildman–Crippen LogP) is 3.85. The van der Waals surface area contributed by atoms with E-state index in [2.05, 4.69) is 11.6 Å². The van der Waals surface area contributed by atoms with E-state index in [0.717, 1.165) is 17.0 Å². The molecule has 0 saturated heterocycles. The molecular weight excluding hydrogens is 226 g/mol. The van der Waals surface area contributed by atoms with Crippen molar-refractivity contribution < 1.29 is 9.53 Å². The molecule has 18 heavy (non-hydrogen) atoms. The number of carbonyl (C=O) groups is 1. The van der Waals surface area contributed by atoms with Crippen LogP contribution in [0.2, 0.25) is 0 Å². The van der Waals surface area contributed by atoms with Crippen LogP contribution >= 0.6 is 0 Å². The van der Waals surface area contributed by atoms with Crippen molar-refractivity contribution in [2.24, 2.45) is 0 Å². The number of pyridine rings is 1. The fourth-order valence-electron chi connectivity index (χ4n) is 1.25. The molecule has 1 rings (SSSR count). The number of nitrogens with zero attached hydrogens (tertiary/aromatic N) is 1. The van der Waals surface area contributed by atoms with Crippen LogP contribution in [0.25, 0.3) is 12.2 Å². The highest BCUT2D eigenvalue weighted by molar-refractivity contribution is 5.66. The molecule has 0 aliphatic heterocycles. The summed E-state index contributed by atoms with van der Waals surface area (Å²) in [7, 11) is 0. The molecule has 0 atom stereocenters. The molecule has 0 amide bonds. The molecule has 0 aliphatic rings. The summed E-state index contributed by atoms with van der Waals surface area (Å²) in [5, 5.41) is 0. The second-order valence-corrected chi connectivity index (χ2v) is 3.26. The van der Waals surface area contributed by atoms with Crippen LogP contribution in [0, 0.1) is 0 Å². The van der Waals surface area contributed by atoms with Crippen molar-refractivity contribution in [3.8, 4) is 0 Å². The lowest BCUT2D eigenvalue weighted by atomic mass is 10.1. The summed E-state index contributed by atoms with van der Waals surface area (Å²) in [5.74, 6) is -0.304. The Kier molecular flexibility index (Phi) is 8.20. The van der Waals surface area contributed by atoms with E-state index in [0.29, 0.717) is 0 Å². The topological polar surface area (TPSA) is 39.2 Å². The highest BCUT2D eigenvalue weighted by Gasteiger charge is 2.02. The zero-order valence-electron chi connectivity index (χ0n) is 11.6. The molecule has 0 radical (unpaired) electrons. The average molecular weight is 247 g/mol. The maximum absolute atomic E-state index is 10.7. The summed E-state index contributed by atoms with van der Waals surface area (Å²) < 4.78 is 4.88. The third-order valence-corrected chi connectivity index (χ3v) is 1.98. The summed E-state index contributed by atoms with van der Waals surface area (Å²) in [6.45, 7) is 11.2. The van der Waals surface area contributed by atoms with E-state index in [4.69, 9.17) is 4.74 Å². The maximum atomic E-state index is 10.7. The van der Waals surface area contributed by atoms with Crippen LogP contribution in [0.5, 0.6) is 0 Å². The number of ether oxygens (including phenoxy) is 1. The summed E-state index contributed by atoms with van der Waals surface area (Å²) in [5.41, 5.74) is 2.53. The predicted molar refractivity (Wildman–Crippen MR) is 75.9 cm³/mol. The van der Waals surface area contributed by atoms with Crippen LogP contribution in [-0.2, 0) is 16.1 Å². The average Bonchev–Trinajstić information content (AvgIpc) is 2.39. The number of hydrogen-bond donors (Lipinski definition) is 0. The van der Waals surface area contributed by atoms with E-state index in [1.807, 2.05) is 45.1 Å². The molecule has 1 aromatic rings. The van der Waals surface area contributed by atoms with Crippen molar-refractivity contribution in [1.82, 2.24) is 4.98 Å². The number of hydrogen-bond acceptors (Lipinski definition) is 3. The minimum atomic E-state index is -0.304. The van der Waals surface area contributed by atoms with Gasteiger partial charge in [0.25, 0.3) is 0 Å². The number of allylic oxidation sites excluding steroid dienone is 1. The number of carbonyl (C=O) groups excluding carboxylic acids is 1. The Morgan fingerprint density at radius 2 is 2.11 bits per heavy atom. The van der Waals surface area contributed by atoms with Gasteiger partial charge in [-0.1, -0.05) is 38.6 Å². The van der Waals surface area contributed by atoms with Gasteiger partial charge in [0.15, 0.2) is 0 Å². The molecule has 3 nitrogen and oxygen atoms in total. The fourth-order valence-corrected chi connectivity index (χ4v) is 1.25. The first-order chi connectivity index (χ1) is 8.67. The van der Waals surface area contributed by atoms with E-state index in [1.54, 1.807) is 6.08 Å². The minimum absolute atomic E-state index is 0.206. The van der Waals surface area contributed by atoms with Gasteiger partial charge in [-0.2, -0.15) is 0 Å². The van der Waals surface area contributed by atoms with Crippen LogP contribution in [0.1, 0.15) is 44.6 Å². The second kappa shape index (κ2) is 9.16. The molecular formula is C15H21NO2. The van der Waals surface area contributed by atoms with Gasteiger partial charge in [-0.05, 0) is 24.6 Å². The van der Waals surface area contributed by atoms with Gasteiger partial charge in [-0.3, -0.25) is 4.79 Å². The Labute approximate surface area is 109 Å². The van der Waals surface area contributed by atoms with E-state index >= 15 is 0 Å². The summed E-state index contributed by atoms with van der Waals surface area (Å²) in [6, 6.07) is 3.74. The van der Waals surface area contributed by atoms with E-state index < -0.39 is 0 Å². The quantitative estimate of drug-likeness (QED) is 0.759. The Hall–Kier alpha value is -1.90. The zero-order chi connectivity index (χ0) is 14.0. The van der Waals surface area contributed by atoms with Gasteiger partial charge < -0.3 is 4.74 Å². The zero-order valence-corrected chi connectivity index (χ0v) is 11.6. The summed E-state index contributed by atoms with van der Waals surface area (Å²) in [6.07, 6.45) is 5.55. The smallest absolute Gasteiger partial charge is 0.303 e. The second-order valence-electron chi connectivity index (χ2n) is 3.26. The van der Waals surface area contributed by atoms with Gasteiger partial charge in [0, 0.05) is 6.92 Å². The van der Waals surface area contributed by atoms with Gasteiger partial charge >= 0.3 is 5.97 Å². The van der Waals surface area contributed by atoms with E-state index in [-0.39, 0.29) is 12.6 Å². The standard InChI is InChI=1S/C13H15NO2.C2H6/c1-4-6-13-11(5-2)7-8-12(14-13)9-16-10(3)15;1-2/h4-8H,2,9H2,1,3H3;1-2H3/b6-4-;. The number of rotatable bonds is 4. The van der Waals surface area contributed by atoms with Gasteiger partial charge in [0.05, 0.1) is 11.4 Å². The Morgan fingerprint density at radius 1 is 1.44 bits per heavy atom. The summed E-state index contributed by atoms with van der Waals surface area (Å²) in [4.78, 5) is 15.0. The largest absolute Gasteiger partial charge is 0.459 e. The monoisotopic (exact) mass is 247 g/mol. The SMILES string of the molecule is C=Cc1ccc(COC(C)=O)nc1/C=C\C.CC. The van der Waals surface area contributed by atoms with E-state index in [9.17, 15) is 4.79 Å². The Bertz CT molecular complexity index is 423. The van der Waals surface area contributed by atoms with Crippen molar-refractivity contribution in [3.05, 3.63) is 41.7 Å². The lowest BCUT2D eigenvalue weighted by Gasteiger charge is -2.05. The first-order valence-corrected chi connectivity index (χ1v) is 6.05. The van der Waals surface area contributed by atoms with Crippen molar-refractivity contribution in [2.45, 2.75) is 34.3 Å². The molecule has 98 valence electrons. The first kappa shape index (κ1) is 16.1. The molecule has 0 N–H and O–H groups in total. The van der Waals surface area contributed by atoms with Gasteiger partial charge in [-0.15, -0.1) is 0 Å². The van der Waals surface area contributed by atoms with Crippen LogP contribution in [0.3, 0.4) is 0 Å². The minimum Gasteiger partial charge on any atom is -0.459 e. The molecule has 0 saturated carbocycles. The van der Waals surface area contributed by atoms with Crippen LogP contribution in [-0.4, -0.2) is 11.0 Å². The molecule has 0 bridgehead atoms. The first-order valence-electron chi connectivity index (χ1n) is 6.05. The lowest BCUT2D eigenvalue weighted by Crippen LogP contribution is -2.02. The van der Waals surface area contributed by atoms with Crippen molar-refractivity contribution in [2.75, 3.05) is 0 Å². The Balaban J connectivity index is 0.00000137. The molecule has 0 aromatic carbocycles. The highest BCUT2D eigenvalue weighted by atomic mass is 16.5. The molecule has 1 aromatic heterocycles. The van der Waals surface area contributed by atoms with Crippen molar-refractivity contribution in [3.63, 3.8) is 0 Å². The third kappa shape index (κ3) is 5.43. The molecule has 1 heterocycles. The van der Waals surface area contributed by atoms with Crippen LogP contribution in [0.4, 0.5) is 0 Å². The Morgan fingerprint density at radius 3 is 2.61 bits per heavy atom. The van der Waals surface area contributed by atoms with Crippen LogP contribution < -0.4 is 0 Å².